The molecule has 5 heteroatoms. The minimum absolute atomic E-state index is 0.193. The molecule has 1 saturated heterocycles. The topological polar surface area (TPSA) is 47.3 Å². The van der Waals surface area contributed by atoms with Crippen molar-refractivity contribution in [3.8, 4) is 0 Å². The van der Waals surface area contributed by atoms with Gasteiger partial charge in [0.2, 0.25) is 0 Å². The molecule has 0 bridgehead atoms. The van der Waals surface area contributed by atoms with Crippen LogP contribution in [0.15, 0.2) is 22.7 Å². The number of hydrogen-bond acceptors (Lipinski definition) is 3. The van der Waals surface area contributed by atoms with Gasteiger partial charge in [-0.2, -0.15) is 0 Å². The first kappa shape index (κ1) is 13.9. The number of nitrogens with two attached hydrogens (primary N) is 1. The lowest BCUT2D eigenvalue weighted by atomic mass is 9.95. The average Bonchev–Trinajstić information content (AvgIpc) is 2.84. The van der Waals surface area contributed by atoms with Gasteiger partial charge in [-0.15, -0.1) is 0 Å². The molecule has 3 nitrogen and oxygen atoms in total. The number of benzene rings is 1. The van der Waals surface area contributed by atoms with Crippen molar-refractivity contribution in [3.63, 3.8) is 0 Å². The Kier molecular flexibility index (Phi) is 5.12. The third-order valence-electron chi connectivity index (χ3n) is 3.36. The molecule has 1 aliphatic rings. The second-order valence-corrected chi connectivity index (χ2v) is 5.62. The van der Waals surface area contributed by atoms with Crippen LogP contribution in [-0.2, 0) is 11.2 Å². The summed E-state index contributed by atoms with van der Waals surface area (Å²) in [5, 5.41) is 0. The van der Waals surface area contributed by atoms with Crippen LogP contribution in [0.25, 0.3) is 0 Å². The molecule has 2 unspecified atom stereocenters. The number of rotatable bonds is 5. The fourth-order valence-electron chi connectivity index (χ4n) is 2.33. The Morgan fingerprint density at radius 2 is 2.39 bits per heavy atom. The van der Waals surface area contributed by atoms with Crippen LogP contribution in [0.1, 0.15) is 18.4 Å². The van der Waals surface area contributed by atoms with Crippen molar-refractivity contribution in [2.45, 2.75) is 25.3 Å². The van der Waals surface area contributed by atoms with E-state index < -0.39 is 0 Å². The van der Waals surface area contributed by atoms with E-state index in [0.717, 1.165) is 42.5 Å². The average molecular weight is 317 g/mol. The van der Waals surface area contributed by atoms with E-state index >= 15 is 0 Å². The van der Waals surface area contributed by atoms with Gasteiger partial charge in [-0.05, 0) is 42.9 Å². The van der Waals surface area contributed by atoms with E-state index in [0.29, 0.717) is 5.92 Å². The maximum atomic E-state index is 13.0. The Morgan fingerprint density at radius 3 is 3.00 bits per heavy atom. The van der Waals surface area contributed by atoms with Crippen LogP contribution in [0.2, 0.25) is 0 Å². The van der Waals surface area contributed by atoms with Crippen molar-refractivity contribution in [2.24, 2.45) is 11.8 Å². The van der Waals surface area contributed by atoms with Crippen molar-refractivity contribution < 1.29 is 9.13 Å². The van der Waals surface area contributed by atoms with E-state index in [9.17, 15) is 4.39 Å². The van der Waals surface area contributed by atoms with Crippen LogP contribution < -0.4 is 11.3 Å². The normalized spacial score (nSPS) is 21.2. The molecule has 0 radical (unpaired) electrons. The molecule has 0 spiro atoms. The number of ether oxygens (including phenoxy) is 1. The molecular formula is C13H18BrFN2O. The second-order valence-electron chi connectivity index (χ2n) is 4.77. The summed E-state index contributed by atoms with van der Waals surface area (Å²) in [5.41, 5.74) is 3.92. The summed E-state index contributed by atoms with van der Waals surface area (Å²) < 4.78 is 19.2. The molecule has 0 aliphatic carbocycles. The molecule has 100 valence electrons. The first-order chi connectivity index (χ1) is 8.69. The van der Waals surface area contributed by atoms with E-state index in [-0.39, 0.29) is 11.9 Å². The third kappa shape index (κ3) is 3.75. The minimum atomic E-state index is -0.230. The number of hydrazine groups is 1. The zero-order valence-electron chi connectivity index (χ0n) is 10.2. The minimum Gasteiger partial charge on any atom is -0.381 e. The maximum Gasteiger partial charge on any atom is 0.124 e. The predicted molar refractivity (Wildman–Crippen MR) is 72.5 cm³/mol. The van der Waals surface area contributed by atoms with Crippen LogP contribution in [0.4, 0.5) is 4.39 Å². The van der Waals surface area contributed by atoms with Crippen molar-refractivity contribution in [2.75, 3.05) is 13.2 Å². The fourth-order valence-corrected chi connectivity index (χ4v) is 2.85. The van der Waals surface area contributed by atoms with Crippen molar-refractivity contribution in [3.05, 3.63) is 34.1 Å². The molecule has 2 atom stereocenters. The lowest BCUT2D eigenvalue weighted by molar-refractivity contribution is 0.181. The van der Waals surface area contributed by atoms with Gasteiger partial charge < -0.3 is 4.74 Å². The lowest BCUT2D eigenvalue weighted by Gasteiger charge is -2.19. The number of hydrogen-bond donors (Lipinski definition) is 2. The Morgan fingerprint density at radius 1 is 1.56 bits per heavy atom. The van der Waals surface area contributed by atoms with Gasteiger partial charge in [0, 0.05) is 23.7 Å². The third-order valence-corrected chi connectivity index (χ3v) is 4.10. The zero-order chi connectivity index (χ0) is 13.0. The molecule has 1 fully saturated rings. The van der Waals surface area contributed by atoms with Crippen LogP contribution in [0, 0.1) is 11.7 Å². The van der Waals surface area contributed by atoms with Gasteiger partial charge in [0.05, 0.1) is 0 Å². The number of nitrogens with one attached hydrogen (secondary N) is 1. The number of halogens is 2. The molecule has 1 aromatic carbocycles. The highest BCUT2D eigenvalue weighted by molar-refractivity contribution is 9.10. The molecule has 3 N–H and O–H groups in total. The molecule has 0 amide bonds. The maximum absolute atomic E-state index is 13.0. The highest BCUT2D eigenvalue weighted by Gasteiger charge is 2.20. The Bertz CT molecular complexity index is 397. The molecule has 0 saturated carbocycles. The molecule has 0 aromatic heterocycles. The molecule has 1 aliphatic heterocycles. The Balaban J connectivity index is 1.96. The van der Waals surface area contributed by atoms with E-state index in [1.54, 1.807) is 6.07 Å². The Hall–Kier alpha value is -0.490. The highest BCUT2D eigenvalue weighted by Crippen LogP contribution is 2.23. The SMILES string of the molecule is NNC(Cc1ccc(F)cc1Br)CC1CCOC1. The quantitative estimate of drug-likeness (QED) is 0.647. The summed E-state index contributed by atoms with van der Waals surface area (Å²) in [4.78, 5) is 0. The van der Waals surface area contributed by atoms with Gasteiger partial charge in [0.15, 0.2) is 0 Å². The van der Waals surface area contributed by atoms with E-state index in [4.69, 9.17) is 10.6 Å². The second kappa shape index (κ2) is 6.61. The largest absolute Gasteiger partial charge is 0.381 e. The van der Waals surface area contributed by atoms with Crippen molar-refractivity contribution >= 4 is 15.9 Å². The summed E-state index contributed by atoms with van der Waals surface area (Å²) in [5.74, 6) is 5.94. The summed E-state index contributed by atoms with van der Waals surface area (Å²) in [6.45, 7) is 1.67. The zero-order valence-corrected chi connectivity index (χ0v) is 11.7. The van der Waals surface area contributed by atoms with Crippen LogP contribution in [0.5, 0.6) is 0 Å². The van der Waals surface area contributed by atoms with E-state index in [1.807, 2.05) is 0 Å². The summed E-state index contributed by atoms with van der Waals surface area (Å²) in [7, 11) is 0. The first-order valence-corrected chi connectivity index (χ1v) is 6.96. The molecule has 1 heterocycles. The smallest absolute Gasteiger partial charge is 0.124 e. The lowest BCUT2D eigenvalue weighted by Crippen LogP contribution is -2.38. The van der Waals surface area contributed by atoms with Crippen LogP contribution >= 0.6 is 15.9 Å². The first-order valence-electron chi connectivity index (χ1n) is 6.17. The van der Waals surface area contributed by atoms with Gasteiger partial charge in [-0.25, -0.2) is 4.39 Å². The Labute approximate surface area is 115 Å². The van der Waals surface area contributed by atoms with E-state index in [2.05, 4.69) is 21.4 Å². The van der Waals surface area contributed by atoms with Crippen LogP contribution in [0.3, 0.4) is 0 Å². The van der Waals surface area contributed by atoms with Gasteiger partial charge in [-0.3, -0.25) is 11.3 Å². The highest BCUT2D eigenvalue weighted by atomic mass is 79.9. The monoisotopic (exact) mass is 316 g/mol. The van der Waals surface area contributed by atoms with E-state index in [1.165, 1.54) is 12.1 Å². The molecule has 2 rings (SSSR count). The summed E-state index contributed by atoms with van der Waals surface area (Å²) in [6, 6.07) is 4.96. The fraction of sp³-hybridized carbons (Fsp3) is 0.538. The summed E-state index contributed by atoms with van der Waals surface area (Å²) in [6.07, 6.45) is 2.87. The van der Waals surface area contributed by atoms with Crippen molar-refractivity contribution in [1.29, 1.82) is 0 Å². The van der Waals surface area contributed by atoms with Gasteiger partial charge in [0.25, 0.3) is 0 Å². The van der Waals surface area contributed by atoms with Gasteiger partial charge in [-0.1, -0.05) is 22.0 Å². The molecule has 18 heavy (non-hydrogen) atoms. The van der Waals surface area contributed by atoms with Gasteiger partial charge in [0.1, 0.15) is 5.82 Å². The molecular weight excluding hydrogens is 299 g/mol. The van der Waals surface area contributed by atoms with Crippen molar-refractivity contribution in [1.82, 2.24) is 5.43 Å². The van der Waals surface area contributed by atoms with Crippen LogP contribution in [-0.4, -0.2) is 19.3 Å². The standard InChI is InChI=1S/C13H18BrFN2O/c14-13-7-11(15)2-1-10(13)6-12(17-16)5-9-3-4-18-8-9/h1-2,7,9,12,17H,3-6,8,16H2. The van der Waals surface area contributed by atoms with Gasteiger partial charge >= 0.3 is 0 Å². The molecule has 1 aromatic rings. The summed E-state index contributed by atoms with van der Waals surface area (Å²) >= 11 is 3.38. The predicted octanol–water partition coefficient (Wildman–Crippen LogP) is 2.39.